The molecule has 5 aromatic rings. The third kappa shape index (κ3) is 4.55. The largest absolute Gasteiger partial charge is 0.439 e. The highest BCUT2D eigenvalue weighted by Gasteiger charge is 2.34. The van der Waals surface area contributed by atoms with Crippen molar-refractivity contribution in [2.45, 2.75) is 58.0 Å². The van der Waals surface area contributed by atoms with E-state index in [4.69, 9.17) is 26.1 Å². The normalized spacial score (nSPS) is 21.4. The summed E-state index contributed by atoms with van der Waals surface area (Å²) in [5, 5.41) is 11.6. The summed E-state index contributed by atoms with van der Waals surface area (Å²) in [6.07, 6.45) is 11.7. The molecule has 12 nitrogen and oxygen atoms in total. The molecule has 40 heavy (non-hydrogen) atoms. The third-order valence-electron chi connectivity index (χ3n) is 8.20. The van der Waals surface area contributed by atoms with E-state index in [2.05, 4.69) is 46.7 Å². The van der Waals surface area contributed by atoms with Crippen LogP contribution in [0.4, 0.5) is 5.95 Å². The third-order valence-corrected chi connectivity index (χ3v) is 8.41. The lowest BCUT2D eigenvalue weighted by Gasteiger charge is -2.30. The molecule has 1 unspecified atom stereocenters. The Morgan fingerprint density at radius 1 is 1.12 bits per heavy atom. The van der Waals surface area contributed by atoms with Crippen molar-refractivity contribution < 1.29 is 4.52 Å². The zero-order valence-electron chi connectivity index (χ0n) is 22.0. The molecule has 0 aromatic carbocycles. The van der Waals surface area contributed by atoms with Crippen molar-refractivity contribution in [2.75, 3.05) is 11.4 Å². The predicted molar refractivity (Wildman–Crippen MR) is 149 cm³/mol. The summed E-state index contributed by atoms with van der Waals surface area (Å²) in [6.45, 7) is 4.01. The summed E-state index contributed by atoms with van der Waals surface area (Å²) < 4.78 is 7.11. The summed E-state index contributed by atoms with van der Waals surface area (Å²) in [6, 6.07) is 3.74. The monoisotopic (exact) mass is 560 g/mol. The molecular formula is C27H29ClN10O2. The van der Waals surface area contributed by atoms with Gasteiger partial charge in [-0.05, 0) is 49.7 Å². The summed E-state index contributed by atoms with van der Waals surface area (Å²) in [5.74, 6) is 2.58. The molecule has 2 aliphatic rings. The molecule has 1 saturated carbocycles. The van der Waals surface area contributed by atoms with Crippen molar-refractivity contribution >= 4 is 28.6 Å². The van der Waals surface area contributed by atoms with Crippen LogP contribution in [0.1, 0.15) is 57.3 Å². The number of imidazole rings is 1. The standard InChI is InChI=1S/C27H29ClN10O2/c1-15-4-6-16(7-5-15)13-38-23-19(33-26(38)37-8-2-3-21(37)25-30-14-31-35-25)10-20(24-34-27(39)40-36-24)32-22(23)17-9-18(28)12-29-11-17/h9-12,14-16,21H,2-8,13H2,1H3,(H,30,31,35)(H,34,36,39)/t15-,16-,21?. The fraction of sp³-hybridized carbons (Fsp3) is 0.444. The van der Waals surface area contributed by atoms with Gasteiger partial charge in [-0.1, -0.05) is 36.5 Å². The second kappa shape index (κ2) is 10.2. The van der Waals surface area contributed by atoms with Gasteiger partial charge in [-0.3, -0.25) is 19.6 Å². The minimum atomic E-state index is -0.646. The maximum Gasteiger partial charge on any atom is 0.439 e. The Hall–Kier alpha value is -4.06. The number of aromatic nitrogens is 9. The molecule has 2 N–H and O–H groups in total. The molecule has 0 amide bonds. The van der Waals surface area contributed by atoms with Crippen molar-refractivity contribution in [3.63, 3.8) is 0 Å². The number of nitrogens with zero attached hydrogens (tertiary/aromatic N) is 8. The summed E-state index contributed by atoms with van der Waals surface area (Å²) >= 11 is 6.39. The second-order valence-corrected chi connectivity index (χ2v) is 11.4. The number of H-pyrrole nitrogens is 2. The van der Waals surface area contributed by atoms with Gasteiger partial charge in [-0.2, -0.15) is 5.10 Å². The molecule has 206 valence electrons. The van der Waals surface area contributed by atoms with E-state index in [1.807, 2.05) is 12.1 Å². The highest BCUT2D eigenvalue weighted by atomic mass is 35.5. The molecule has 0 radical (unpaired) electrons. The van der Waals surface area contributed by atoms with Crippen molar-refractivity contribution in [2.24, 2.45) is 11.8 Å². The average molecular weight is 561 g/mol. The molecule has 1 aliphatic carbocycles. The van der Waals surface area contributed by atoms with E-state index < -0.39 is 5.76 Å². The molecule has 2 fully saturated rings. The highest BCUT2D eigenvalue weighted by Crippen LogP contribution is 2.40. The lowest BCUT2D eigenvalue weighted by molar-refractivity contribution is 0.266. The topological polar surface area (TPSA) is 147 Å². The van der Waals surface area contributed by atoms with Crippen LogP contribution in [0.3, 0.4) is 0 Å². The molecule has 6 heterocycles. The van der Waals surface area contributed by atoms with E-state index in [1.165, 1.54) is 25.7 Å². The quantitative estimate of drug-likeness (QED) is 0.299. The Morgan fingerprint density at radius 3 is 2.75 bits per heavy atom. The van der Waals surface area contributed by atoms with Crippen LogP contribution < -0.4 is 10.7 Å². The molecule has 13 heteroatoms. The second-order valence-electron chi connectivity index (χ2n) is 10.9. The van der Waals surface area contributed by atoms with Gasteiger partial charge in [0.25, 0.3) is 0 Å². The first-order valence-electron chi connectivity index (χ1n) is 13.7. The fourth-order valence-corrected chi connectivity index (χ4v) is 6.35. The molecule has 5 aromatic heterocycles. The average Bonchev–Trinajstić information content (AvgIpc) is 3.76. The van der Waals surface area contributed by atoms with E-state index >= 15 is 0 Å². The van der Waals surface area contributed by atoms with Gasteiger partial charge in [-0.15, -0.1) is 0 Å². The smallest absolute Gasteiger partial charge is 0.332 e. The lowest BCUT2D eigenvalue weighted by atomic mass is 9.83. The Balaban J connectivity index is 1.45. The molecule has 0 bridgehead atoms. The molecule has 0 spiro atoms. The minimum absolute atomic E-state index is 0.0417. The van der Waals surface area contributed by atoms with E-state index in [9.17, 15) is 4.79 Å². The number of aromatic amines is 2. The van der Waals surface area contributed by atoms with Gasteiger partial charge in [0.2, 0.25) is 11.8 Å². The van der Waals surface area contributed by atoms with Crippen LogP contribution in [-0.4, -0.2) is 51.4 Å². The molecule has 1 aliphatic heterocycles. The van der Waals surface area contributed by atoms with Gasteiger partial charge < -0.3 is 9.47 Å². The number of rotatable bonds is 6. The number of halogens is 1. The van der Waals surface area contributed by atoms with E-state index in [1.54, 1.807) is 18.7 Å². The highest BCUT2D eigenvalue weighted by molar-refractivity contribution is 6.30. The van der Waals surface area contributed by atoms with Crippen LogP contribution in [-0.2, 0) is 6.54 Å². The van der Waals surface area contributed by atoms with E-state index in [-0.39, 0.29) is 11.9 Å². The Labute approximate surface area is 234 Å². The Bertz CT molecular complexity index is 1700. The number of anilines is 1. The van der Waals surface area contributed by atoms with Gasteiger partial charge >= 0.3 is 5.76 Å². The van der Waals surface area contributed by atoms with Crippen LogP contribution in [0.15, 0.2) is 40.2 Å². The van der Waals surface area contributed by atoms with Gasteiger partial charge in [0, 0.05) is 31.0 Å². The number of hydrogen-bond donors (Lipinski definition) is 2. The van der Waals surface area contributed by atoms with Crippen LogP contribution >= 0.6 is 11.6 Å². The van der Waals surface area contributed by atoms with Crippen LogP contribution in [0.2, 0.25) is 5.02 Å². The van der Waals surface area contributed by atoms with Crippen molar-refractivity contribution in [3.8, 4) is 22.8 Å². The summed E-state index contributed by atoms with van der Waals surface area (Å²) in [4.78, 5) is 35.7. The van der Waals surface area contributed by atoms with Crippen LogP contribution in [0.25, 0.3) is 33.8 Å². The number of nitrogens with one attached hydrogen (secondary N) is 2. The van der Waals surface area contributed by atoms with Crippen molar-refractivity contribution in [3.05, 3.63) is 52.3 Å². The maximum absolute atomic E-state index is 11.8. The molecule has 7 rings (SSSR count). The molecule has 1 atom stereocenters. The molecule has 1 saturated heterocycles. The first-order valence-corrected chi connectivity index (χ1v) is 14.1. The SMILES string of the molecule is C[C@H]1CC[C@H](Cn2c(N3CCCC3c3ncn[nH]3)nc3cc(-c4noc(=O)[nH]4)nc(-c4cncc(Cl)c4)c32)CC1. The molecular weight excluding hydrogens is 532 g/mol. The number of pyridine rings is 2. The summed E-state index contributed by atoms with van der Waals surface area (Å²) in [5.41, 5.74) is 3.51. The van der Waals surface area contributed by atoms with Crippen LogP contribution in [0.5, 0.6) is 0 Å². The van der Waals surface area contributed by atoms with Gasteiger partial charge in [-0.25, -0.2) is 19.7 Å². The summed E-state index contributed by atoms with van der Waals surface area (Å²) in [7, 11) is 0. The van der Waals surface area contributed by atoms with Gasteiger partial charge in [0.05, 0.1) is 27.8 Å². The van der Waals surface area contributed by atoms with Crippen LogP contribution in [0, 0.1) is 11.8 Å². The predicted octanol–water partition coefficient (Wildman–Crippen LogP) is 4.78. The van der Waals surface area contributed by atoms with E-state index in [0.29, 0.717) is 22.3 Å². The minimum Gasteiger partial charge on any atom is -0.332 e. The first kappa shape index (κ1) is 24.9. The number of hydrogen-bond acceptors (Lipinski definition) is 9. The van der Waals surface area contributed by atoms with E-state index in [0.717, 1.165) is 60.2 Å². The van der Waals surface area contributed by atoms with Gasteiger partial charge in [0.15, 0.2) is 0 Å². The Morgan fingerprint density at radius 2 is 2.00 bits per heavy atom. The Kier molecular flexibility index (Phi) is 6.34. The zero-order chi connectivity index (χ0) is 27.2. The van der Waals surface area contributed by atoms with Crippen molar-refractivity contribution in [1.29, 1.82) is 0 Å². The van der Waals surface area contributed by atoms with Gasteiger partial charge in [0.1, 0.15) is 17.8 Å². The maximum atomic E-state index is 11.8. The number of fused-ring (bicyclic) bond motifs is 1. The zero-order valence-corrected chi connectivity index (χ0v) is 22.8. The lowest BCUT2D eigenvalue weighted by Crippen LogP contribution is -2.28. The first-order chi connectivity index (χ1) is 19.5. The fourth-order valence-electron chi connectivity index (χ4n) is 6.18. The van der Waals surface area contributed by atoms with Crippen molar-refractivity contribution in [1.82, 2.24) is 44.8 Å².